The molecule has 0 fully saturated rings. The van der Waals surface area contributed by atoms with Crippen molar-refractivity contribution in [1.82, 2.24) is 9.38 Å². The fraction of sp³-hybridized carbons (Fsp3) is 0.133. The molecule has 5 aromatic rings. The Balaban J connectivity index is 1.80. The Labute approximate surface area is 219 Å². The van der Waals surface area contributed by atoms with E-state index in [9.17, 15) is 5.26 Å². The van der Waals surface area contributed by atoms with E-state index in [-0.39, 0.29) is 0 Å². The van der Waals surface area contributed by atoms with Crippen LogP contribution in [0.5, 0.6) is 17.2 Å². The SMILES string of the molecule is COc1cc(-c2cc(C=Cc3ccc(SC)cc3)c(C#N)c3nc4ccccc4n23)cc(OC)c1OC. The first-order chi connectivity index (χ1) is 18.1. The number of imidazole rings is 1. The summed E-state index contributed by atoms with van der Waals surface area (Å²) in [7, 11) is 4.77. The molecule has 184 valence electrons. The van der Waals surface area contributed by atoms with Crippen molar-refractivity contribution < 1.29 is 14.2 Å². The summed E-state index contributed by atoms with van der Waals surface area (Å²) in [4.78, 5) is 6.05. The van der Waals surface area contributed by atoms with Gasteiger partial charge in [0.05, 0.1) is 38.1 Å². The standard InChI is InChI=1S/C30H25N3O3S/c1-34-27-16-21(17-28(35-2)29(27)36-3)26-15-20(12-9-19-10-13-22(37-4)14-11-19)23(18-31)30-32-24-7-5-6-8-25(24)33(26)30/h5-17H,1-4H3. The summed E-state index contributed by atoms with van der Waals surface area (Å²) >= 11 is 1.70. The van der Waals surface area contributed by atoms with Crippen LogP contribution in [0.3, 0.4) is 0 Å². The quantitative estimate of drug-likeness (QED) is 0.222. The van der Waals surface area contributed by atoms with Crippen LogP contribution in [0.15, 0.2) is 71.6 Å². The maximum absolute atomic E-state index is 10.2. The largest absolute Gasteiger partial charge is 0.493 e. The highest BCUT2D eigenvalue weighted by molar-refractivity contribution is 7.98. The highest BCUT2D eigenvalue weighted by Crippen LogP contribution is 2.42. The average molecular weight is 508 g/mol. The molecule has 6 nitrogen and oxygen atoms in total. The summed E-state index contributed by atoms with van der Waals surface area (Å²) in [6.07, 6.45) is 6.03. The number of hydrogen-bond donors (Lipinski definition) is 0. The number of aromatic nitrogens is 2. The second-order valence-electron chi connectivity index (χ2n) is 8.25. The molecule has 0 atom stereocenters. The predicted octanol–water partition coefficient (Wildman–Crippen LogP) is 6.94. The van der Waals surface area contributed by atoms with E-state index in [4.69, 9.17) is 19.2 Å². The second kappa shape index (κ2) is 10.3. The third-order valence-electron chi connectivity index (χ3n) is 6.25. The molecule has 0 bridgehead atoms. The minimum atomic E-state index is 0.504. The molecule has 37 heavy (non-hydrogen) atoms. The number of para-hydroxylation sites is 2. The predicted molar refractivity (Wildman–Crippen MR) is 150 cm³/mol. The molecule has 7 heteroatoms. The highest BCUT2D eigenvalue weighted by Gasteiger charge is 2.20. The van der Waals surface area contributed by atoms with Crippen LogP contribution in [0.2, 0.25) is 0 Å². The van der Waals surface area contributed by atoms with Gasteiger partial charge in [-0.3, -0.25) is 4.40 Å². The van der Waals surface area contributed by atoms with Crippen molar-refractivity contribution in [2.75, 3.05) is 27.6 Å². The van der Waals surface area contributed by atoms with Gasteiger partial charge in [0.1, 0.15) is 11.6 Å². The molecule has 0 N–H and O–H groups in total. The van der Waals surface area contributed by atoms with Gasteiger partial charge in [0, 0.05) is 10.5 Å². The zero-order chi connectivity index (χ0) is 25.9. The first-order valence-electron chi connectivity index (χ1n) is 11.6. The summed E-state index contributed by atoms with van der Waals surface area (Å²) < 4.78 is 18.8. The van der Waals surface area contributed by atoms with E-state index in [0.717, 1.165) is 33.4 Å². The lowest BCUT2D eigenvalue weighted by atomic mass is 10.0. The molecule has 0 saturated heterocycles. The Morgan fingerprint density at radius 1 is 0.892 bits per heavy atom. The van der Waals surface area contributed by atoms with Gasteiger partial charge in [-0.15, -0.1) is 11.8 Å². The summed E-state index contributed by atoms with van der Waals surface area (Å²) in [5, 5.41) is 10.2. The molecule has 0 radical (unpaired) electrons. The zero-order valence-corrected chi connectivity index (χ0v) is 21.8. The summed E-state index contributed by atoms with van der Waals surface area (Å²) in [6.45, 7) is 0. The monoisotopic (exact) mass is 507 g/mol. The number of ether oxygens (including phenoxy) is 3. The molecule has 5 rings (SSSR count). The third kappa shape index (κ3) is 4.37. The second-order valence-corrected chi connectivity index (χ2v) is 9.13. The number of fused-ring (bicyclic) bond motifs is 3. The summed E-state index contributed by atoms with van der Waals surface area (Å²) in [5.74, 6) is 1.61. The van der Waals surface area contributed by atoms with Gasteiger partial charge in [-0.05, 0) is 59.8 Å². The van der Waals surface area contributed by atoms with Crippen LogP contribution in [0.25, 0.3) is 40.1 Å². The molecule has 0 unspecified atom stereocenters. The van der Waals surface area contributed by atoms with Crippen molar-refractivity contribution in [2.45, 2.75) is 4.90 Å². The normalized spacial score (nSPS) is 11.2. The van der Waals surface area contributed by atoms with Gasteiger partial charge in [0.25, 0.3) is 0 Å². The van der Waals surface area contributed by atoms with Crippen LogP contribution < -0.4 is 14.2 Å². The number of nitriles is 1. The first kappa shape index (κ1) is 24.3. The molecule has 2 heterocycles. The van der Waals surface area contributed by atoms with E-state index < -0.39 is 0 Å². The molecule has 0 saturated carbocycles. The average Bonchev–Trinajstić information content (AvgIpc) is 3.34. The van der Waals surface area contributed by atoms with Crippen molar-refractivity contribution in [3.8, 4) is 34.6 Å². The van der Waals surface area contributed by atoms with Crippen LogP contribution in [0, 0.1) is 11.3 Å². The van der Waals surface area contributed by atoms with E-state index in [1.165, 1.54) is 4.90 Å². The lowest BCUT2D eigenvalue weighted by Crippen LogP contribution is -2.00. The van der Waals surface area contributed by atoms with E-state index >= 15 is 0 Å². The number of hydrogen-bond acceptors (Lipinski definition) is 6. The van der Waals surface area contributed by atoms with E-state index in [0.29, 0.717) is 28.5 Å². The summed E-state index contributed by atoms with van der Waals surface area (Å²) in [6, 6.07) is 24.4. The van der Waals surface area contributed by atoms with E-state index in [2.05, 4.69) is 36.6 Å². The fourth-order valence-electron chi connectivity index (χ4n) is 4.44. The molecular formula is C30H25N3O3S. The Morgan fingerprint density at radius 2 is 1.59 bits per heavy atom. The number of benzene rings is 3. The zero-order valence-electron chi connectivity index (χ0n) is 21.0. The van der Waals surface area contributed by atoms with Gasteiger partial charge in [-0.2, -0.15) is 5.26 Å². The van der Waals surface area contributed by atoms with Crippen molar-refractivity contribution in [3.63, 3.8) is 0 Å². The smallest absolute Gasteiger partial charge is 0.203 e. The molecule has 0 aliphatic carbocycles. The molecule has 0 amide bonds. The van der Waals surface area contributed by atoms with Crippen LogP contribution in [0.4, 0.5) is 0 Å². The molecule has 3 aromatic carbocycles. The van der Waals surface area contributed by atoms with E-state index in [1.807, 2.05) is 59.0 Å². The Morgan fingerprint density at radius 3 is 2.22 bits per heavy atom. The van der Waals surface area contributed by atoms with Gasteiger partial charge < -0.3 is 14.2 Å². The number of rotatable bonds is 7. The van der Waals surface area contributed by atoms with Crippen LogP contribution in [-0.2, 0) is 0 Å². The minimum absolute atomic E-state index is 0.504. The fourth-order valence-corrected chi connectivity index (χ4v) is 4.85. The Hall–Kier alpha value is -4.41. The third-order valence-corrected chi connectivity index (χ3v) is 6.99. The maximum atomic E-state index is 10.2. The topological polar surface area (TPSA) is 68.8 Å². The van der Waals surface area contributed by atoms with Gasteiger partial charge >= 0.3 is 0 Å². The van der Waals surface area contributed by atoms with Crippen LogP contribution in [0.1, 0.15) is 16.7 Å². The van der Waals surface area contributed by atoms with Crippen molar-refractivity contribution in [1.29, 1.82) is 5.26 Å². The minimum Gasteiger partial charge on any atom is -0.493 e. The molecule has 2 aromatic heterocycles. The Bertz CT molecular complexity index is 1660. The molecule has 0 aliphatic rings. The number of nitrogens with zero attached hydrogens (tertiary/aromatic N) is 3. The van der Waals surface area contributed by atoms with Crippen LogP contribution >= 0.6 is 11.8 Å². The molecular weight excluding hydrogens is 482 g/mol. The molecule has 0 spiro atoms. The van der Waals surface area contributed by atoms with Gasteiger partial charge in [0.2, 0.25) is 5.75 Å². The number of thioether (sulfide) groups is 1. The maximum Gasteiger partial charge on any atom is 0.203 e. The van der Waals surface area contributed by atoms with Crippen LogP contribution in [-0.4, -0.2) is 37.0 Å². The first-order valence-corrected chi connectivity index (χ1v) is 12.8. The van der Waals surface area contributed by atoms with Gasteiger partial charge in [-0.25, -0.2) is 4.98 Å². The van der Waals surface area contributed by atoms with E-state index in [1.54, 1.807) is 33.1 Å². The number of pyridine rings is 1. The van der Waals surface area contributed by atoms with Crippen molar-refractivity contribution in [3.05, 3.63) is 83.4 Å². The molecule has 0 aliphatic heterocycles. The summed E-state index contributed by atoms with van der Waals surface area (Å²) in [5.41, 5.74) is 6.30. The van der Waals surface area contributed by atoms with Gasteiger partial charge in [0.15, 0.2) is 17.1 Å². The van der Waals surface area contributed by atoms with Crippen molar-refractivity contribution in [2.24, 2.45) is 0 Å². The highest BCUT2D eigenvalue weighted by atomic mass is 32.2. The lowest BCUT2D eigenvalue weighted by molar-refractivity contribution is 0.324. The lowest BCUT2D eigenvalue weighted by Gasteiger charge is -2.16. The van der Waals surface area contributed by atoms with Crippen molar-refractivity contribution >= 4 is 40.6 Å². The van der Waals surface area contributed by atoms with Gasteiger partial charge in [-0.1, -0.05) is 36.4 Å². The number of methoxy groups -OCH3 is 3. The Kier molecular flexibility index (Phi) is 6.76.